The predicted octanol–water partition coefficient (Wildman–Crippen LogP) is 2.70. The van der Waals surface area contributed by atoms with Crippen LogP contribution in [0.3, 0.4) is 0 Å². The summed E-state index contributed by atoms with van der Waals surface area (Å²) in [5, 5.41) is 10.7. The Morgan fingerprint density at radius 2 is 1.50 bits per heavy atom. The highest BCUT2D eigenvalue weighted by molar-refractivity contribution is 7.25. The number of ether oxygens (including phenoxy) is 1. The number of anilines is 2. The molecule has 1 aromatic heterocycles. The Morgan fingerprint density at radius 1 is 1.00 bits per heavy atom. The van der Waals surface area contributed by atoms with Gasteiger partial charge in [0, 0.05) is 31.5 Å². The maximum atomic E-state index is 11.8. The molecule has 0 fully saturated rings. The molecule has 5 N–H and O–H groups in total. The summed E-state index contributed by atoms with van der Waals surface area (Å²) < 4.78 is 6.39. The van der Waals surface area contributed by atoms with Crippen LogP contribution in [0.1, 0.15) is 20.7 Å². The number of nitrogens with two attached hydrogens (primary N) is 2. The molecular weight excluding hydrogens is 304 g/mol. The van der Waals surface area contributed by atoms with Crippen molar-refractivity contribution < 1.29 is 19.4 Å². The van der Waals surface area contributed by atoms with Crippen molar-refractivity contribution in [2.75, 3.05) is 18.6 Å². The lowest BCUT2D eigenvalue weighted by Crippen LogP contribution is -2.05. The minimum Gasteiger partial charge on any atom is -0.478 e. The first-order chi connectivity index (χ1) is 10.4. The molecule has 112 valence electrons. The minimum atomic E-state index is -1.10. The van der Waals surface area contributed by atoms with E-state index in [1.807, 2.05) is 0 Å². The van der Waals surface area contributed by atoms with Crippen molar-refractivity contribution in [3.8, 4) is 0 Å². The Kier molecular flexibility index (Phi) is 3.14. The highest BCUT2D eigenvalue weighted by Crippen LogP contribution is 2.38. The zero-order chi connectivity index (χ0) is 16.0. The lowest BCUT2D eigenvalue weighted by atomic mass is 10.0. The van der Waals surface area contributed by atoms with Crippen molar-refractivity contribution in [1.29, 1.82) is 0 Å². The van der Waals surface area contributed by atoms with Crippen LogP contribution in [-0.4, -0.2) is 24.2 Å². The van der Waals surface area contributed by atoms with E-state index < -0.39 is 11.9 Å². The zero-order valence-electron chi connectivity index (χ0n) is 11.5. The van der Waals surface area contributed by atoms with Gasteiger partial charge in [-0.3, -0.25) is 0 Å². The SMILES string of the molecule is COC(=O)c1cc2c(cc1N)sc1cc(N)c(C(=O)O)cc12. The molecule has 0 amide bonds. The van der Waals surface area contributed by atoms with Gasteiger partial charge in [0.1, 0.15) is 0 Å². The number of hydrogen-bond donors (Lipinski definition) is 3. The van der Waals surface area contributed by atoms with Gasteiger partial charge in [0.2, 0.25) is 0 Å². The molecule has 0 radical (unpaired) electrons. The van der Waals surface area contributed by atoms with Gasteiger partial charge in [-0.25, -0.2) is 9.59 Å². The van der Waals surface area contributed by atoms with E-state index in [4.69, 9.17) is 16.2 Å². The number of esters is 1. The second kappa shape index (κ2) is 4.88. The molecule has 0 aliphatic carbocycles. The van der Waals surface area contributed by atoms with Crippen LogP contribution in [0.25, 0.3) is 20.2 Å². The highest BCUT2D eigenvalue weighted by Gasteiger charge is 2.17. The Hall–Kier alpha value is -2.80. The number of aromatic carboxylic acids is 1. The van der Waals surface area contributed by atoms with Gasteiger partial charge in [-0.15, -0.1) is 11.3 Å². The maximum Gasteiger partial charge on any atom is 0.339 e. The monoisotopic (exact) mass is 316 g/mol. The summed E-state index contributed by atoms with van der Waals surface area (Å²) in [4.78, 5) is 23.0. The quantitative estimate of drug-likeness (QED) is 0.494. The number of carbonyl (C=O) groups excluding carboxylic acids is 1. The molecule has 0 atom stereocenters. The average Bonchev–Trinajstić information content (AvgIpc) is 2.80. The summed E-state index contributed by atoms with van der Waals surface area (Å²) in [5.74, 6) is -1.63. The fraction of sp³-hybridized carbons (Fsp3) is 0.0667. The van der Waals surface area contributed by atoms with Crippen molar-refractivity contribution in [3.05, 3.63) is 35.4 Å². The third-order valence-electron chi connectivity index (χ3n) is 3.45. The van der Waals surface area contributed by atoms with E-state index in [0.29, 0.717) is 5.69 Å². The van der Waals surface area contributed by atoms with Crippen LogP contribution in [0.15, 0.2) is 24.3 Å². The van der Waals surface area contributed by atoms with Gasteiger partial charge in [-0.05, 0) is 24.3 Å². The lowest BCUT2D eigenvalue weighted by Gasteiger charge is -2.04. The molecule has 0 bridgehead atoms. The highest BCUT2D eigenvalue weighted by atomic mass is 32.1. The van der Waals surface area contributed by atoms with E-state index in [1.165, 1.54) is 24.5 Å². The van der Waals surface area contributed by atoms with Crippen LogP contribution in [0.4, 0.5) is 11.4 Å². The molecule has 6 nitrogen and oxygen atoms in total. The summed E-state index contributed by atoms with van der Waals surface area (Å²) in [7, 11) is 1.28. The van der Waals surface area contributed by atoms with Crippen molar-refractivity contribution in [1.82, 2.24) is 0 Å². The van der Waals surface area contributed by atoms with Crippen molar-refractivity contribution in [3.63, 3.8) is 0 Å². The molecule has 0 spiro atoms. The number of hydrogen-bond acceptors (Lipinski definition) is 6. The number of methoxy groups -OCH3 is 1. The summed E-state index contributed by atoms with van der Waals surface area (Å²) in [6.45, 7) is 0. The number of nitrogen functional groups attached to an aromatic ring is 2. The van der Waals surface area contributed by atoms with Gasteiger partial charge < -0.3 is 21.3 Å². The Morgan fingerprint density at radius 3 is 2.00 bits per heavy atom. The summed E-state index contributed by atoms with van der Waals surface area (Å²) >= 11 is 1.43. The van der Waals surface area contributed by atoms with Crippen LogP contribution >= 0.6 is 11.3 Å². The summed E-state index contributed by atoms with van der Waals surface area (Å²) in [5.41, 5.74) is 12.4. The Balaban J connectivity index is 2.38. The number of benzene rings is 2. The van der Waals surface area contributed by atoms with E-state index in [9.17, 15) is 14.7 Å². The standard InChI is InChI=1S/C15H12N2O4S/c1-21-15(20)9-3-7-6-2-8(14(18)19)10(16)4-12(6)22-13(7)5-11(9)17/h2-5H,16-17H2,1H3,(H,18,19). The first kappa shape index (κ1) is 14.2. The zero-order valence-corrected chi connectivity index (χ0v) is 12.4. The number of thiophene rings is 1. The van der Waals surface area contributed by atoms with E-state index in [1.54, 1.807) is 18.2 Å². The van der Waals surface area contributed by atoms with Gasteiger partial charge in [0.05, 0.1) is 18.2 Å². The summed E-state index contributed by atoms with van der Waals surface area (Å²) in [6.07, 6.45) is 0. The first-order valence-electron chi connectivity index (χ1n) is 6.29. The molecular formula is C15H12N2O4S. The topological polar surface area (TPSA) is 116 Å². The fourth-order valence-corrected chi connectivity index (χ4v) is 3.54. The second-order valence-electron chi connectivity index (χ2n) is 4.77. The van der Waals surface area contributed by atoms with Crippen molar-refractivity contribution in [2.24, 2.45) is 0 Å². The van der Waals surface area contributed by atoms with Crippen LogP contribution in [-0.2, 0) is 4.74 Å². The number of carboxylic acid groups (broad SMARTS) is 1. The van der Waals surface area contributed by atoms with Gasteiger partial charge >= 0.3 is 11.9 Å². The molecule has 3 rings (SSSR count). The third kappa shape index (κ3) is 2.03. The van der Waals surface area contributed by atoms with E-state index in [0.717, 1.165) is 20.2 Å². The molecule has 0 unspecified atom stereocenters. The van der Waals surface area contributed by atoms with Crippen LogP contribution in [0.5, 0.6) is 0 Å². The van der Waals surface area contributed by atoms with Crippen LogP contribution in [0.2, 0.25) is 0 Å². The average molecular weight is 316 g/mol. The van der Waals surface area contributed by atoms with Gasteiger partial charge in [0.25, 0.3) is 0 Å². The van der Waals surface area contributed by atoms with E-state index in [2.05, 4.69) is 0 Å². The number of carboxylic acids is 1. The van der Waals surface area contributed by atoms with E-state index >= 15 is 0 Å². The van der Waals surface area contributed by atoms with Crippen molar-refractivity contribution in [2.45, 2.75) is 0 Å². The van der Waals surface area contributed by atoms with Gasteiger partial charge in [0.15, 0.2) is 0 Å². The fourth-order valence-electron chi connectivity index (χ4n) is 2.37. The lowest BCUT2D eigenvalue weighted by molar-refractivity contribution is 0.0601. The van der Waals surface area contributed by atoms with Crippen LogP contribution < -0.4 is 11.5 Å². The summed E-state index contributed by atoms with van der Waals surface area (Å²) in [6, 6.07) is 6.45. The number of carbonyl (C=O) groups is 2. The normalized spacial score (nSPS) is 11.0. The number of rotatable bonds is 2. The predicted molar refractivity (Wildman–Crippen MR) is 86.5 cm³/mol. The first-order valence-corrected chi connectivity index (χ1v) is 7.11. The minimum absolute atomic E-state index is 0.0312. The molecule has 0 saturated heterocycles. The molecule has 22 heavy (non-hydrogen) atoms. The second-order valence-corrected chi connectivity index (χ2v) is 5.85. The molecule has 2 aromatic carbocycles. The largest absolute Gasteiger partial charge is 0.478 e. The van der Waals surface area contributed by atoms with Crippen molar-refractivity contribution >= 4 is 54.8 Å². The Bertz CT molecular complexity index is 946. The molecule has 3 aromatic rings. The smallest absolute Gasteiger partial charge is 0.339 e. The molecule has 1 heterocycles. The molecule has 0 aliphatic rings. The Labute approximate surface area is 128 Å². The molecule has 0 aliphatic heterocycles. The number of fused-ring (bicyclic) bond motifs is 3. The van der Waals surface area contributed by atoms with Gasteiger partial charge in [-0.2, -0.15) is 0 Å². The molecule has 7 heteroatoms. The molecule has 0 saturated carbocycles. The van der Waals surface area contributed by atoms with E-state index in [-0.39, 0.29) is 16.8 Å². The maximum absolute atomic E-state index is 11.8. The van der Waals surface area contributed by atoms with Crippen LogP contribution in [0, 0.1) is 0 Å². The van der Waals surface area contributed by atoms with Gasteiger partial charge in [-0.1, -0.05) is 0 Å². The third-order valence-corrected chi connectivity index (χ3v) is 4.56.